The Hall–Kier alpha value is -1.43. The lowest BCUT2D eigenvalue weighted by Crippen LogP contribution is -2.50. The molecule has 0 saturated carbocycles. The fourth-order valence-electron chi connectivity index (χ4n) is 1.16. The van der Waals surface area contributed by atoms with Gasteiger partial charge in [0.25, 0.3) is 5.91 Å². The summed E-state index contributed by atoms with van der Waals surface area (Å²) in [7, 11) is 1.27. The zero-order chi connectivity index (χ0) is 13.1. The molecule has 17 heavy (non-hydrogen) atoms. The van der Waals surface area contributed by atoms with Crippen LogP contribution in [0.4, 0.5) is 0 Å². The van der Waals surface area contributed by atoms with E-state index in [1.807, 2.05) is 0 Å². The summed E-state index contributed by atoms with van der Waals surface area (Å²) in [5.74, 6) is -0.934. The van der Waals surface area contributed by atoms with Crippen molar-refractivity contribution in [1.29, 1.82) is 0 Å². The quantitative estimate of drug-likeness (QED) is 0.860. The summed E-state index contributed by atoms with van der Waals surface area (Å²) in [6.07, 6.45) is 1.51. The second kappa shape index (κ2) is 5.27. The van der Waals surface area contributed by atoms with Crippen LogP contribution in [0.15, 0.2) is 22.8 Å². The summed E-state index contributed by atoms with van der Waals surface area (Å²) >= 11 is 3.22. The molecule has 1 amide bonds. The third kappa shape index (κ3) is 3.52. The molecular formula is C11H13BrN2O3. The highest BCUT2D eigenvalue weighted by Crippen LogP contribution is 2.09. The molecule has 0 fully saturated rings. The maximum atomic E-state index is 11.8. The highest BCUT2D eigenvalue weighted by molar-refractivity contribution is 9.10. The van der Waals surface area contributed by atoms with Gasteiger partial charge in [0.1, 0.15) is 11.2 Å². The Kier molecular flexibility index (Phi) is 4.22. The normalized spacial score (nSPS) is 10.8. The first-order valence-corrected chi connectivity index (χ1v) is 5.68. The van der Waals surface area contributed by atoms with E-state index in [0.29, 0.717) is 0 Å². The SMILES string of the molecule is COC(=O)C(C)(C)NC(=O)c1ccc(Br)cn1. The van der Waals surface area contributed by atoms with Crippen molar-refractivity contribution in [2.45, 2.75) is 19.4 Å². The number of nitrogens with zero attached hydrogens (tertiary/aromatic N) is 1. The number of amides is 1. The van der Waals surface area contributed by atoms with E-state index in [1.165, 1.54) is 13.3 Å². The van der Waals surface area contributed by atoms with Crippen molar-refractivity contribution >= 4 is 27.8 Å². The number of hydrogen-bond donors (Lipinski definition) is 1. The van der Waals surface area contributed by atoms with Crippen LogP contribution in [0.5, 0.6) is 0 Å². The Morgan fingerprint density at radius 2 is 2.06 bits per heavy atom. The van der Waals surface area contributed by atoms with Gasteiger partial charge in [-0.25, -0.2) is 9.78 Å². The van der Waals surface area contributed by atoms with Crippen molar-refractivity contribution in [1.82, 2.24) is 10.3 Å². The van der Waals surface area contributed by atoms with Crippen LogP contribution in [0, 0.1) is 0 Å². The number of halogens is 1. The second-order valence-electron chi connectivity index (χ2n) is 3.93. The van der Waals surface area contributed by atoms with Crippen LogP contribution in [0.3, 0.4) is 0 Å². The van der Waals surface area contributed by atoms with Crippen LogP contribution in [0.1, 0.15) is 24.3 Å². The monoisotopic (exact) mass is 300 g/mol. The van der Waals surface area contributed by atoms with Crippen molar-refractivity contribution in [3.05, 3.63) is 28.5 Å². The van der Waals surface area contributed by atoms with Crippen LogP contribution in [-0.2, 0) is 9.53 Å². The van der Waals surface area contributed by atoms with E-state index in [2.05, 4.69) is 31.0 Å². The lowest BCUT2D eigenvalue weighted by atomic mass is 10.1. The molecule has 1 heterocycles. The average Bonchev–Trinajstić information content (AvgIpc) is 2.28. The average molecular weight is 301 g/mol. The Labute approximate surface area is 108 Å². The van der Waals surface area contributed by atoms with E-state index < -0.39 is 17.4 Å². The number of pyridine rings is 1. The minimum Gasteiger partial charge on any atom is -0.467 e. The first-order chi connectivity index (χ1) is 7.86. The van der Waals surface area contributed by atoms with E-state index in [9.17, 15) is 9.59 Å². The molecule has 92 valence electrons. The molecule has 0 spiro atoms. The number of nitrogens with one attached hydrogen (secondary N) is 1. The zero-order valence-electron chi connectivity index (χ0n) is 9.78. The maximum absolute atomic E-state index is 11.8. The van der Waals surface area contributed by atoms with Gasteiger partial charge in [0.05, 0.1) is 7.11 Å². The Morgan fingerprint density at radius 1 is 1.41 bits per heavy atom. The highest BCUT2D eigenvalue weighted by atomic mass is 79.9. The van der Waals surface area contributed by atoms with Crippen molar-refractivity contribution in [3.8, 4) is 0 Å². The number of esters is 1. The summed E-state index contributed by atoms with van der Waals surface area (Å²) in [4.78, 5) is 27.1. The van der Waals surface area contributed by atoms with Gasteiger partial charge in [0.15, 0.2) is 0 Å². The number of carbonyl (C=O) groups excluding carboxylic acids is 2. The van der Waals surface area contributed by atoms with Gasteiger partial charge in [-0.1, -0.05) is 0 Å². The summed E-state index contributed by atoms with van der Waals surface area (Å²) in [5.41, 5.74) is -0.842. The maximum Gasteiger partial charge on any atom is 0.330 e. The van der Waals surface area contributed by atoms with Gasteiger partial charge < -0.3 is 10.1 Å². The fraction of sp³-hybridized carbons (Fsp3) is 0.364. The van der Waals surface area contributed by atoms with Crippen molar-refractivity contribution in [2.75, 3.05) is 7.11 Å². The molecule has 0 atom stereocenters. The lowest BCUT2D eigenvalue weighted by molar-refractivity contribution is -0.146. The largest absolute Gasteiger partial charge is 0.467 e. The van der Waals surface area contributed by atoms with E-state index in [4.69, 9.17) is 0 Å². The number of rotatable bonds is 3. The Morgan fingerprint density at radius 3 is 2.53 bits per heavy atom. The third-order valence-corrected chi connectivity index (χ3v) is 2.55. The van der Waals surface area contributed by atoms with Crippen molar-refractivity contribution < 1.29 is 14.3 Å². The standard InChI is InChI=1S/C11H13BrN2O3/c1-11(2,10(16)17-3)14-9(15)8-5-4-7(12)6-13-8/h4-6H,1-3H3,(H,14,15). The van der Waals surface area contributed by atoms with Gasteiger partial charge in [0, 0.05) is 10.7 Å². The van der Waals surface area contributed by atoms with E-state index in [1.54, 1.807) is 26.0 Å². The molecule has 0 aliphatic rings. The number of methoxy groups -OCH3 is 1. The molecule has 6 heteroatoms. The van der Waals surface area contributed by atoms with Gasteiger partial charge in [-0.3, -0.25) is 4.79 Å². The second-order valence-corrected chi connectivity index (χ2v) is 4.85. The van der Waals surface area contributed by atoms with E-state index in [-0.39, 0.29) is 5.69 Å². The van der Waals surface area contributed by atoms with Gasteiger partial charge in [0.2, 0.25) is 0 Å². The number of aromatic nitrogens is 1. The molecule has 0 aromatic carbocycles. The van der Waals surface area contributed by atoms with Crippen LogP contribution in [0.25, 0.3) is 0 Å². The molecule has 1 aromatic heterocycles. The van der Waals surface area contributed by atoms with Gasteiger partial charge in [-0.05, 0) is 41.9 Å². The van der Waals surface area contributed by atoms with E-state index >= 15 is 0 Å². The minimum absolute atomic E-state index is 0.241. The van der Waals surface area contributed by atoms with Crippen molar-refractivity contribution in [3.63, 3.8) is 0 Å². The topological polar surface area (TPSA) is 68.3 Å². The predicted octanol–water partition coefficient (Wildman–Crippen LogP) is 1.53. The predicted molar refractivity (Wildman–Crippen MR) is 65.5 cm³/mol. The van der Waals surface area contributed by atoms with Crippen LogP contribution < -0.4 is 5.32 Å². The molecule has 0 bridgehead atoms. The fourth-order valence-corrected chi connectivity index (χ4v) is 1.40. The van der Waals surface area contributed by atoms with Crippen LogP contribution in [0.2, 0.25) is 0 Å². The van der Waals surface area contributed by atoms with Crippen LogP contribution >= 0.6 is 15.9 Å². The Balaban J connectivity index is 2.79. The summed E-state index contributed by atoms with van der Waals surface area (Å²) in [6.45, 7) is 3.13. The van der Waals surface area contributed by atoms with Crippen molar-refractivity contribution in [2.24, 2.45) is 0 Å². The smallest absolute Gasteiger partial charge is 0.330 e. The molecular weight excluding hydrogens is 288 g/mol. The van der Waals surface area contributed by atoms with Gasteiger partial charge >= 0.3 is 5.97 Å². The van der Waals surface area contributed by atoms with E-state index in [0.717, 1.165) is 4.47 Å². The first kappa shape index (κ1) is 13.6. The molecule has 0 unspecified atom stereocenters. The highest BCUT2D eigenvalue weighted by Gasteiger charge is 2.31. The molecule has 0 aliphatic heterocycles. The molecule has 0 radical (unpaired) electrons. The zero-order valence-corrected chi connectivity index (χ0v) is 11.4. The minimum atomic E-state index is -1.08. The van der Waals surface area contributed by atoms with Gasteiger partial charge in [-0.15, -0.1) is 0 Å². The molecule has 0 aliphatic carbocycles. The number of ether oxygens (including phenoxy) is 1. The molecule has 1 N–H and O–H groups in total. The Bertz CT molecular complexity index is 429. The van der Waals surface area contributed by atoms with Gasteiger partial charge in [-0.2, -0.15) is 0 Å². The summed E-state index contributed by atoms with van der Waals surface area (Å²) in [6, 6.07) is 3.26. The number of carbonyl (C=O) groups is 2. The lowest BCUT2D eigenvalue weighted by Gasteiger charge is -2.22. The summed E-state index contributed by atoms with van der Waals surface area (Å²) < 4.78 is 5.37. The summed E-state index contributed by atoms with van der Waals surface area (Å²) in [5, 5.41) is 2.55. The first-order valence-electron chi connectivity index (χ1n) is 4.89. The molecule has 0 saturated heterocycles. The molecule has 1 aromatic rings. The molecule has 1 rings (SSSR count). The number of hydrogen-bond acceptors (Lipinski definition) is 4. The van der Waals surface area contributed by atoms with Crippen LogP contribution in [-0.4, -0.2) is 29.5 Å². The third-order valence-electron chi connectivity index (χ3n) is 2.08. The molecule has 5 nitrogen and oxygen atoms in total.